The molecule has 3 nitrogen and oxygen atoms in total. The van der Waals surface area contributed by atoms with Crippen molar-refractivity contribution in [3.8, 4) is 0 Å². The summed E-state index contributed by atoms with van der Waals surface area (Å²) in [5, 5.41) is 2.99. The van der Waals surface area contributed by atoms with E-state index in [1.165, 1.54) is 0 Å². The standard InChI is InChI=1S/C11H22F3NO2/c1-9(2)16-7-4-5-15-6-8-17-10(3)11(12,13)14/h9-10,15H,4-8H2,1-3H3. The van der Waals surface area contributed by atoms with Crippen LogP contribution >= 0.6 is 0 Å². The van der Waals surface area contributed by atoms with Crippen LogP contribution in [0.3, 0.4) is 0 Å². The van der Waals surface area contributed by atoms with Crippen molar-refractivity contribution in [2.75, 3.05) is 26.3 Å². The molecule has 1 N–H and O–H groups in total. The van der Waals surface area contributed by atoms with Gasteiger partial charge in [0.15, 0.2) is 6.10 Å². The summed E-state index contributed by atoms with van der Waals surface area (Å²) in [7, 11) is 0. The molecule has 0 bridgehead atoms. The lowest BCUT2D eigenvalue weighted by atomic mass is 10.4. The third-order valence-electron chi connectivity index (χ3n) is 2.06. The Hall–Kier alpha value is -0.330. The molecule has 0 rings (SSSR count). The van der Waals surface area contributed by atoms with Crippen LogP contribution in [0.1, 0.15) is 27.2 Å². The second kappa shape index (κ2) is 8.72. The van der Waals surface area contributed by atoms with E-state index >= 15 is 0 Å². The van der Waals surface area contributed by atoms with Crippen molar-refractivity contribution >= 4 is 0 Å². The van der Waals surface area contributed by atoms with Crippen LogP contribution in [0.2, 0.25) is 0 Å². The number of hydrogen-bond donors (Lipinski definition) is 1. The molecule has 0 saturated carbocycles. The van der Waals surface area contributed by atoms with E-state index in [4.69, 9.17) is 4.74 Å². The normalized spacial score (nSPS) is 14.3. The van der Waals surface area contributed by atoms with Crippen LogP contribution in [-0.2, 0) is 9.47 Å². The van der Waals surface area contributed by atoms with Crippen molar-refractivity contribution in [3.63, 3.8) is 0 Å². The molecule has 0 aromatic rings. The van der Waals surface area contributed by atoms with Gasteiger partial charge in [-0.3, -0.25) is 0 Å². The van der Waals surface area contributed by atoms with E-state index in [0.29, 0.717) is 13.2 Å². The minimum atomic E-state index is -4.27. The lowest BCUT2D eigenvalue weighted by Crippen LogP contribution is -2.31. The highest BCUT2D eigenvalue weighted by Crippen LogP contribution is 2.21. The van der Waals surface area contributed by atoms with Gasteiger partial charge in [-0.1, -0.05) is 0 Å². The summed E-state index contributed by atoms with van der Waals surface area (Å²) in [6.45, 7) is 6.78. The Morgan fingerprint density at radius 2 is 1.65 bits per heavy atom. The molecule has 104 valence electrons. The van der Waals surface area contributed by atoms with Crippen LogP contribution in [0.15, 0.2) is 0 Å². The van der Waals surface area contributed by atoms with Gasteiger partial charge in [0.05, 0.1) is 12.7 Å². The summed E-state index contributed by atoms with van der Waals surface area (Å²) in [6, 6.07) is 0. The highest BCUT2D eigenvalue weighted by molar-refractivity contribution is 4.60. The van der Waals surface area contributed by atoms with E-state index < -0.39 is 12.3 Å². The fourth-order valence-corrected chi connectivity index (χ4v) is 1.04. The molecule has 0 fully saturated rings. The van der Waals surface area contributed by atoms with E-state index in [1.807, 2.05) is 13.8 Å². The van der Waals surface area contributed by atoms with Gasteiger partial charge >= 0.3 is 6.18 Å². The molecule has 0 spiro atoms. The Morgan fingerprint density at radius 1 is 1.00 bits per heavy atom. The lowest BCUT2D eigenvalue weighted by molar-refractivity contribution is -0.213. The second-order valence-corrected chi connectivity index (χ2v) is 4.08. The molecule has 0 aromatic carbocycles. The first-order valence-corrected chi connectivity index (χ1v) is 5.84. The summed E-state index contributed by atoms with van der Waals surface area (Å²) in [6.07, 6.45) is -4.92. The number of nitrogens with one attached hydrogen (secondary N) is 1. The molecule has 0 saturated heterocycles. The van der Waals surface area contributed by atoms with Crippen LogP contribution in [0.4, 0.5) is 13.2 Å². The largest absolute Gasteiger partial charge is 0.414 e. The average Bonchev–Trinajstić information content (AvgIpc) is 2.19. The Morgan fingerprint density at radius 3 is 2.18 bits per heavy atom. The van der Waals surface area contributed by atoms with Crippen molar-refractivity contribution in [1.82, 2.24) is 5.32 Å². The predicted octanol–water partition coefficient (Wildman–Crippen LogP) is 2.36. The number of hydrogen-bond acceptors (Lipinski definition) is 3. The summed E-state index contributed by atoms with van der Waals surface area (Å²) in [5.74, 6) is 0. The summed E-state index contributed by atoms with van der Waals surface area (Å²) < 4.78 is 46.1. The molecule has 0 amide bonds. The van der Waals surface area contributed by atoms with Crippen LogP contribution in [0.25, 0.3) is 0 Å². The monoisotopic (exact) mass is 257 g/mol. The van der Waals surface area contributed by atoms with E-state index in [0.717, 1.165) is 19.9 Å². The van der Waals surface area contributed by atoms with Gasteiger partial charge in [0, 0.05) is 13.2 Å². The first-order chi connectivity index (χ1) is 7.84. The zero-order chi connectivity index (χ0) is 13.3. The number of halogens is 3. The molecule has 1 unspecified atom stereocenters. The highest BCUT2D eigenvalue weighted by atomic mass is 19.4. The third-order valence-corrected chi connectivity index (χ3v) is 2.06. The van der Waals surface area contributed by atoms with Gasteiger partial charge < -0.3 is 14.8 Å². The lowest BCUT2D eigenvalue weighted by Gasteiger charge is -2.16. The molecule has 0 aliphatic rings. The van der Waals surface area contributed by atoms with Crippen LogP contribution in [0.5, 0.6) is 0 Å². The zero-order valence-electron chi connectivity index (χ0n) is 10.6. The topological polar surface area (TPSA) is 30.5 Å². The van der Waals surface area contributed by atoms with Gasteiger partial charge in [0.2, 0.25) is 0 Å². The summed E-state index contributed by atoms with van der Waals surface area (Å²) >= 11 is 0. The molecule has 1 atom stereocenters. The molecule has 0 aromatic heterocycles. The van der Waals surface area contributed by atoms with Gasteiger partial charge in [-0.25, -0.2) is 0 Å². The van der Waals surface area contributed by atoms with Crippen molar-refractivity contribution in [2.45, 2.75) is 45.6 Å². The molecule has 0 heterocycles. The van der Waals surface area contributed by atoms with Gasteiger partial charge in [0.25, 0.3) is 0 Å². The smallest absolute Gasteiger partial charge is 0.379 e. The van der Waals surface area contributed by atoms with Crippen molar-refractivity contribution in [1.29, 1.82) is 0 Å². The zero-order valence-corrected chi connectivity index (χ0v) is 10.6. The first kappa shape index (κ1) is 16.7. The Balaban J connectivity index is 3.24. The summed E-state index contributed by atoms with van der Waals surface area (Å²) in [4.78, 5) is 0. The maximum absolute atomic E-state index is 12.0. The van der Waals surface area contributed by atoms with Crippen LogP contribution < -0.4 is 5.32 Å². The molecule has 0 aliphatic carbocycles. The van der Waals surface area contributed by atoms with Crippen molar-refractivity contribution < 1.29 is 22.6 Å². The number of alkyl halides is 3. The second-order valence-electron chi connectivity index (χ2n) is 4.08. The van der Waals surface area contributed by atoms with Gasteiger partial charge in [-0.15, -0.1) is 0 Å². The van der Waals surface area contributed by atoms with Crippen LogP contribution in [-0.4, -0.2) is 44.7 Å². The van der Waals surface area contributed by atoms with E-state index in [2.05, 4.69) is 10.1 Å². The van der Waals surface area contributed by atoms with E-state index in [1.54, 1.807) is 0 Å². The minimum absolute atomic E-state index is 0.0612. The maximum Gasteiger partial charge on any atom is 0.414 e. The van der Waals surface area contributed by atoms with Crippen molar-refractivity contribution in [2.24, 2.45) is 0 Å². The maximum atomic E-state index is 12.0. The summed E-state index contributed by atoms with van der Waals surface area (Å²) in [5.41, 5.74) is 0. The Bertz CT molecular complexity index is 186. The van der Waals surface area contributed by atoms with Gasteiger partial charge in [0.1, 0.15) is 0 Å². The average molecular weight is 257 g/mol. The molecule has 6 heteroatoms. The molecular formula is C11H22F3NO2. The molecule has 17 heavy (non-hydrogen) atoms. The Labute approximate surface area is 101 Å². The fraction of sp³-hybridized carbons (Fsp3) is 1.00. The van der Waals surface area contributed by atoms with Crippen molar-refractivity contribution in [3.05, 3.63) is 0 Å². The highest BCUT2D eigenvalue weighted by Gasteiger charge is 2.36. The van der Waals surface area contributed by atoms with Gasteiger partial charge in [-0.2, -0.15) is 13.2 Å². The first-order valence-electron chi connectivity index (χ1n) is 5.84. The molecular weight excluding hydrogens is 235 g/mol. The number of rotatable bonds is 9. The SMILES string of the molecule is CC(C)OCCCNCCOC(C)C(F)(F)F. The quantitative estimate of drug-likeness (QED) is 0.643. The van der Waals surface area contributed by atoms with E-state index in [9.17, 15) is 13.2 Å². The Kier molecular flexibility index (Phi) is 8.55. The van der Waals surface area contributed by atoms with Gasteiger partial charge in [-0.05, 0) is 33.7 Å². The number of ether oxygens (including phenoxy) is 2. The van der Waals surface area contributed by atoms with E-state index in [-0.39, 0.29) is 12.7 Å². The van der Waals surface area contributed by atoms with Crippen LogP contribution in [0, 0.1) is 0 Å². The molecule has 0 aliphatic heterocycles. The third kappa shape index (κ3) is 10.5. The predicted molar refractivity (Wildman–Crippen MR) is 60.0 cm³/mol. The fourth-order valence-electron chi connectivity index (χ4n) is 1.04. The molecule has 0 radical (unpaired) electrons. The minimum Gasteiger partial charge on any atom is -0.379 e.